The van der Waals surface area contributed by atoms with Crippen LogP contribution in [0.1, 0.15) is 25.0 Å². The molecular formula is C13H18N4O. The molecule has 0 saturated carbocycles. The minimum Gasteiger partial charge on any atom is -0.376 e. The van der Waals surface area contributed by atoms with Gasteiger partial charge in [0.25, 0.3) is 0 Å². The summed E-state index contributed by atoms with van der Waals surface area (Å²) in [6.07, 6.45) is 7.52. The molecule has 1 N–H and O–H groups in total. The summed E-state index contributed by atoms with van der Waals surface area (Å²) in [5.41, 5.74) is 2.02. The third-order valence-corrected chi connectivity index (χ3v) is 3.28. The van der Waals surface area contributed by atoms with Gasteiger partial charge in [-0.2, -0.15) is 5.10 Å². The molecule has 0 radical (unpaired) electrons. The number of fused-ring (bicyclic) bond motifs is 1. The second kappa shape index (κ2) is 4.94. The summed E-state index contributed by atoms with van der Waals surface area (Å²) in [5.74, 6) is 0.882. The molecule has 5 nitrogen and oxygen atoms in total. The summed E-state index contributed by atoms with van der Waals surface area (Å²) >= 11 is 0. The van der Waals surface area contributed by atoms with E-state index in [2.05, 4.69) is 15.4 Å². The van der Waals surface area contributed by atoms with Crippen LogP contribution in [0.15, 0.2) is 18.5 Å². The van der Waals surface area contributed by atoms with Crippen LogP contribution < -0.4 is 5.32 Å². The molecule has 0 amide bonds. The van der Waals surface area contributed by atoms with E-state index in [1.54, 1.807) is 6.20 Å². The molecule has 1 unspecified atom stereocenters. The van der Waals surface area contributed by atoms with Crippen LogP contribution in [0.5, 0.6) is 0 Å². The lowest BCUT2D eigenvalue weighted by molar-refractivity contribution is 0.0247. The fourth-order valence-electron chi connectivity index (χ4n) is 2.36. The third-order valence-electron chi connectivity index (χ3n) is 3.28. The van der Waals surface area contributed by atoms with E-state index in [9.17, 15) is 0 Å². The van der Waals surface area contributed by atoms with Crippen molar-refractivity contribution in [3.8, 4) is 0 Å². The van der Waals surface area contributed by atoms with E-state index in [1.807, 2.05) is 23.7 Å². The number of hydrogen-bond acceptors (Lipinski definition) is 4. The van der Waals surface area contributed by atoms with Gasteiger partial charge in [-0.3, -0.25) is 0 Å². The highest BCUT2D eigenvalue weighted by molar-refractivity contribution is 5.67. The van der Waals surface area contributed by atoms with Gasteiger partial charge in [-0.25, -0.2) is 9.50 Å². The van der Waals surface area contributed by atoms with E-state index in [4.69, 9.17) is 4.74 Å². The van der Waals surface area contributed by atoms with Gasteiger partial charge in [0.15, 0.2) is 5.82 Å². The summed E-state index contributed by atoms with van der Waals surface area (Å²) in [6.45, 7) is 3.69. The first-order valence-corrected chi connectivity index (χ1v) is 6.49. The lowest BCUT2D eigenvalue weighted by Gasteiger charge is -2.23. The summed E-state index contributed by atoms with van der Waals surface area (Å²) in [4.78, 5) is 4.38. The van der Waals surface area contributed by atoms with Gasteiger partial charge in [-0.05, 0) is 32.3 Å². The van der Waals surface area contributed by atoms with E-state index < -0.39 is 0 Å². The molecule has 0 bridgehead atoms. The molecule has 1 saturated heterocycles. The average molecular weight is 246 g/mol. The average Bonchev–Trinajstić information content (AvgIpc) is 2.78. The zero-order valence-electron chi connectivity index (χ0n) is 10.6. The van der Waals surface area contributed by atoms with Gasteiger partial charge in [0.1, 0.15) is 5.52 Å². The molecule has 0 aliphatic carbocycles. The third kappa shape index (κ3) is 2.31. The molecule has 2 aromatic rings. The van der Waals surface area contributed by atoms with Gasteiger partial charge in [-0.15, -0.1) is 0 Å². The van der Waals surface area contributed by atoms with Crippen molar-refractivity contribution in [1.82, 2.24) is 14.6 Å². The second-order valence-electron chi connectivity index (χ2n) is 4.76. The quantitative estimate of drug-likeness (QED) is 0.900. The smallest absolute Gasteiger partial charge is 0.152 e. The van der Waals surface area contributed by atoms with E-state index in [0.717, 1.165) is 36.6 Å². The van der Waals surface area contributed by atoms with Crippen LogP contribution in [-0.4, -0.2) is 33.9 Å². The molecule has 5 heteroatoms. The van der Waals surface area contributed by atoms with E-state index in [1.165, 1.54) is 12.8 Å². The Bertz CT molecular complexity index is 531. The monoisotopic (exact) mass is 246 g/mol. The summed E-state index contributed by atoms with van der Waals surface area (Å²) in [5, 5.41) is 7.75. The molecule has 2 aromatic heterocycles. The number of anilines is 1. The van der Waals surface area contributed by atoms with Crippen molar-refractivity contribution in [3.63, 3.8) is 0 Å². The van der Waals surface area contributed by atoms with Gasteiger partial charge in [0.2, 0.25) is 0 Å². The maximum Gasteiger partial charge on any atom is 0.152 e. The normalized spacial score (nSPS) is 20.2. The first-order valence-electron chi connectivity index (χ1n) is 6.49. The lowest BCUT2D eigenvalue weighted by atomic mass is 10.1. The van der Waals surface area contributed by atoms with Gasteiger partial charge >= 0.3 is 0 Å². The number of rotatable bonds is 3. The van der Waals surface area contributed by atoms with Crippen LogP contribution in [0.25, 0.3) is 5.52 Å². The Labute approximate surface area is 106 Å². The predicted molar refractivity (Wildman–Crippen MR) is 69.8 cm³/mol. The Kier molecular flexibility index (Phi) is 3.15. The van der Waals surface area contributed by atoms with Crippen LogP contribution in [0.3, 0.4) is 0 Å². The standard InChI is InChI=1S/C13H18N4O/c1-10-8-12-13(14-5-6-17(12)16-10)15-9-11-4-2-3-7-18-11/h5-6,8,11H,2-4,7,9H2,1H3,(H,14,15). The van der Waals surface area contributed by atoms with Gasteiger partial charge in [-0.1, -0.05) is 0 Å². The van der Waals surface area contributed by atoms with Crippen molar-refractivity contribution in [3.05, 3.63) is 24.2 Å². The summed E-state index contributed by atoms with van der Waals surface area (Å²) < 4.78 is 7.56. The van der Waals surface area contributed by atoms with Crippen molar-refractivity contribution in [2.24, 2.45) is 0 Å². The molecule has 3 heterocycles. The van der Waals surface area contributed by atoms with E-state index in [0.29, 0.717) is 6.10 Å². The minimum atomic E-state index is 0.310. The van der Waals surface area contributed by atoms with Crippen LogP contribution in [0.4, 0.5) is 5.82 Å². The number of nitrogens with zero attached hydrogens (tertiary/aromatic N) is 3. The minimum absolute atomic E-state index is 0.310. The molecule has 1 aliphatic rings. The van der Waals surface area contributed by atoms with Crippen LogP contribution in [-0.2, 0) is 4.74 Å². The predicted octanol–water partition coefficient (Wildman–Crippen LogP) is 2.02. The van der Waals surface area contributed by atoms with Crippen LogP contribution in [0, 0.1) is 6.92 Å². The molecule has 0 aromatic carbocycles. The Balaban J connectivity index is 1.73. The molecule has 18 heavy (non-hydrogen) atoms. The van der Waals surface area contributed by atoms with E-state index >= 15 is 0 Å². The van der Waals surface area contributed by atoms with Crippen molar-refractivity contribution in [1.29, 1.82) is 0 Å². The fourth-order valence-corrected chi connectivity index (χ4v) is 2.36. The van der Waals surface area contributed by atoms with Crippen LogP contribution >= 0.6 is 0 Å². The largest absolute Gasteiger partial charge is 0.376 e. The second-order valence-corrected chi connectivity index (χ2v) is 4.76. The molecule has 1 aliphatic heterocycles. The molecule has 0 spiro atoms. The molecule has 1 fully saturated rings. The Morgan fingerprint density at radius 1 is 1.50 bits per heavy atom. The van der Waals surface area contributed by atoms with Crippen molar-refractivity contribution in [2.45, 2.75) is 32.3 Å². The summed E-state index contributed by atoms with van der Waals surface area (Å²) in [6, 6.07) is 2.04. The van der Waals surface area contributed by atoms with E-state index in [-0.39, 0.29) is 0 Å². The fraction of sp³-hybridized carbons (Fsp3) is 0.538. The lowest BCUT2D eigenvalue weighted by Crippen LogP contribution is -2.27. The highest BCUT2D eigenvalue weighted by Crippen LogP contribution is 2.17. The van der Waals surface area contributed by atoms with Crippen molar-refractivity contribution < 1.29 is 4.74 Å². The number of aromatic nitrogens is 3. The van der Waals surface area contributed by atoms with Crippen molar-refractivity contribution in [2.75, 3.05) is 18.5 Å². The maximum atomic E-state index is 5.70. The maximum absolute atomic E-state index is 5.70. The number of ether oxygens (including phenoxy) is 1. The molecule has 1 atom stereocenters. The SMILES string of the molecule is Cc1cc2c(NCC3CCCCO3)nccn2n1. The first kappa shape index (κ1) is 11.5. The zero-order valence-corrected chi connectivity index (χ0v) is 10.6. The first-order chi connectivity index (χ1) is 8.83. The van der Waals surface area contributed by atoms with Gasteiger partial charge in [0, 0.05) is 25.5 Å². The Hall–Kier alpha value is -1.62. The highest BCUT2D eigenvalue weighted by Gasteiger charge is 2.14. The molecule has 3 rings (SSSR count). The summed E-state index contributed by atoms with van der Waals surface area (Å²) in [7, 11) is 0. The highest BCUT2D eigenvalue weighted by atomic mass is 16.5. The topological polar surface area (TPSA) is 51.5 Å². The molecular weight excluding hydrogens is 228 g/mol. The zero-order chi connectivity index (χ0) is 12.4. The van der Waals surface area contributed by atoms with Crippen LogP contribution in [0.2, 0.25) is 0 Å². The van der Waals surface area contributed by atoms with Gasteiger partial charge in [0.05, 0.1) is 11.8 Å². The van der Waals surface area contributed by atoms with Gasteiger partial charge < -0.3 is 10.1 Å². The Morgan fingerprint density at radius 3 is 3.28 bits per heavy atom. The molecule has 96 valence electrons. The van der Waals surface area contributed by atoms with Crippen molar-refractivity contribution >= 4 is 11.3 Å². The number of hydrogen-bond donors (Lipinski definition) is 1. The number of nitrogens with one attached hydrogen (secondary N) is 1. The number of aryl methyl sites for hydroxylation is 1. The Morgan fingerprint density at radius 2 is 2.44 bits per heavy atom.